The van der Waals surface area contributed by atoms with Gasteiger partial charge in [0.1, 0.15) is 0 Å². The van der Waals surface area contributed by atoms with Crippen LogP contribution in [0.4, 0.5) is 0 Å². The first kappa shape index (κ1) is 8.41. The Morgan fingerprint density at radius 2 is 2.00 bits per heavy atom. The van der Waals surface area contributed by atoms with E-state index in [0.29, 0.717) is 0 Å². The summed E-state index contributed by atoms with van der Waals surface area (Å²) in [6, 6.07) is 0. The van der Waals surface area contributed by atoms with Crippen molar-refractivity contribution >= 4 is 5.71 Å². The third-order valence-corrected chi connectivity index (χ3v) is 1.30. The maximum absolute atomic E-state index is 4.29. The lowest BCUT2D eigenvalue weighted by Gasteiger charge is -1.93. The average molecular weight is 125 g/mol. The van der Waals surface area contributed by atoms with Crippen molar-refractivity contribution < 1.29 is 0 Å². The zero-order valence-corrected chi connectivity index (χ0v) is 6.73. The SMILES string of the molecule is C/C=C(/C)N=C(C)CC. The van der Waals surface area contributed by atoms with E-state index in [-0.39, 0.29) is 0 Å². The van der Waals surface area contributed by atoms with E-state index < -0.39 is 0 Å². The highest BCUT2D eigenvalue weighted by Gasteiger charge is 1.83. The van der Waals surface area contributed by atoms with Crippen molar-refractivity contribution in [3.8, 4) is 0 Å². The predicted molar refractivity (Wildman–Crippen MR) is 42.8 cm³/mol. The Balaban J connectivity index is 3.95. The van der Waals surface area contributed by atoms with Crippen LogP contribution in [0.2, 0.25) is 0 Å². The number of nitrogens with zero attached hydrogens (tertiary/aromatic N) is 1. The number of rotatable bonds is 2. The maximum Gasteiger partial charge on any atom is 0.0329 e. The summed E-state index contributed by atoms with van der Waals surface area (Å²) in [6.45, 7) is 8.18. The second-order valence-corrected chi connectivity index (χ2v) is 2.13. The van der Waals surface area contributed by atoms with Gasteiger partial charge in [0.2, 0.25) is 0 Å². The molecule has 0 atom stereocenters. The lowest BCUT2D eigenvalue weighted by molar-refractivity contribution is 1.20. The Kier molecular flexibility index (Phi) is 4.02. The van der Waals surface area contributed by atoms with Gasteiger partial charge in [0.05, 0.1) is 0 Å². The molecule has 0 unspecified atom stereocenters. The lowest BCUT2D eigenvalue weighted by Crippen LogP contribution is -1.86. The Morgan fingerprint density at radius 3 is 2.33 bits per heavy atom. The molecule has 0 fully saturated rings. The normalized spacial score (nSPS) is 14.2. The van der Waals surface area contributed by atoms with Gasteiger partial charge in [-0.1, -0.05) is 13.0 Å². The molecule has 0 aromatic rings. The highest BCUT2D eigenvalue weighted by molar-refractivity contribution is 5.82. The second-order valence-electron chi connectivity index (χ2n) is 2.13. The van der Waals surface area contributed by atoms with Crippen molar-refractivity contribution in [1.29, 1.82) is 0 Å². The average Bonchev–Trinajstić information content (AvgIpc) is 1.87. The van der Waals surface area contributed by atoms with Gasteiger partial charge in [-0.05, 0) is 27.2 Å². The molecule has 0 aliphatic heterocycles. The number of hydrogen-bond acceptors (Lipinski definition) is 1. The van der Waals surface area contributed by atoms with Crippen LogP contribution in [0.5, 0.6) is 0 Å². The number of hydrogen-bond donors (Lipinski definition) is 0. The molecule has 52 valence electrons. The minimum atomic E-state index is 1.05. The maximum atomic E-state index is 4.29. The summed E-state index contributed by atoms with van der Waals surface area (Å²) in [4.78, 5) is 4.29. The van der Waals surface area contributed by atoms with E-state index >= 15 is 0 Å². The van der Waals surface area contributed by atoms with Gasteiger partial charge in [-0.2, -0.15) is 0 Å². The molecule has 0 rings (SSSR count). The summed E-state index contributed by atoms with van der Waals surface area (Å²) >= 11 is 0. The monoisotopic (exact) mass is 125 g/mol. The lowest BCUT2D eigenvalue weighted by atomic mass is 10.3. The molecule has 0 aromatic heterocycles. The van der Waals surface area contributed by atoms with Gasteiger partial charge in [-0.15, -0.1) is 0 Å². The number of allylic oxidation sites excluding steroid dienone is 2. The van der Waals surface area contributed by atoms with Crippen LogP contribution >= 0.6 is 0 Å². The van der Waals surface area contributed by atoms with E-state index in [2.05, 4.69) is 11.9 Å². The third-order valence-electron chi connectivity index (χ3n) is 1.30. The van der Waals surface area contributed by atoms with Crippen molar-refractivity contribution in [2.24, 2.45) is 4.99 Å². The molecule has 0 bridgehead atoms. The number of aliphatic imine (C=N–C) groups is 1. The molecule has 1 nitrogen and oxygen atoms in total. The molecule has 9 heavy (non-hydrogen) atoms. The summed E-state index contributed by atoms with van der Waals surface area (Å²) in [5, 5.41) is 0. The van der Waals surface area contributed by atoms with Crippen molar-refractivity contribution in [1.82, 2.24) is 0 Å². The van der Waals surface area contributed by atoms with E-state index in [1.165, 1.54) is 5.71 Å². The highest BCUT2D eigenvalue weighted by atomic mass is 14.7. The van der Waals surface area contributed by atoms with E-state index in [4.69, 9.17) is 0 Å². The van der Waals surface area contributed by atoms with Crippen LogP contribution in [0.15, 0.2) is 16.8 Å². The first-order valence-electron chi connectivity index (χ1n) is 3.37. The molecule has 0 aromatic carbocycles. The van der Waals surface area contributed by atoms with Crippen LogP contribution in [-0.4, -0.2) is 5.71 Å². The Labute approximate surface area is 57.5 Å². The standard InChI is InChI=1S/C8H15N/c1-5-7(3)9-8(4)6-2/h5H,6H2,1-4H3/b7-5-,9-8?. The van der Waals surface area contributed by atoms with E-state index in [0.717, 1.165) is 12.1 Å². The first-order valence-corrected chi connectivity index (χ1v) is 3.37. The molecule has 0 saturated heterocycles. The van der Waals surface area contributed by atoms with Gasteiger partial charge in [0, 0.05) is 11.4 Å². The van der Waals surface area contributed by atoms with Gasteiger partial charge in [-0.25, -0.2) is 0 Å². The topological polar surface area (TPSA) is 12.4 Å². The highest BCUT2D eigenvalue weighted by Crippen LogP contribution is 1.95. The van der Waals surface area contributed by atoms with Crippen molar-refractivity contribution in [2.45, 2.75) is 34.1 Å². The fourth-order valence-corrected chi connectivity index (χ4v) is 0.445. The molecular formula is C8H15N. The minimum absolute atomic E-state index is 1.05. The Bertz CT molecular complexity index is 132. The zero-order chi connectivity index (χ0) is 7.28. The van der Waals surface area contributed by atoms with Gasteiger partial charge in [-0.3, -0.25) is 4.99 Å². The fourth-order valence-electron chi connectivity index (χ4n) is 0.445. The summed E-state index contributed by atoms with van der Waals surface area (Å²) in [5.41, 5.74) is 2.31. The third kappa shape index (κ3) is 3.95. The van der Waals surface area contributed by atoms with Gasteiger partial charge >= 0.3 is 0 Å². The molecule has 0 saturated carbocycles. The van der Waals surface area contributed by atoms with Gasteiger partial charge in [0.15, 0.2) is 0 Å². The minimum Gasteiger partial charge on any atom is -0.263 e. The molecule has 0 radical (unpaired) electrons. The summed E-state index contributed by atoms with van der Waals surface area (Å²) in [7, 11) is 0. The Hall–Kier alpha value is -0.590. The van der Waals surface area contributed by atoms with Crippen LogP contribution in [0.3, 0.4) is 0 Å². The van der Waals surface area contributed by atoms with Crippen molar-refractivity contribution in [2.75, 3.05) is 0 Å². The molecular weight excluding hydrogens is 110 g/mol. The molecule has 0 spiro atoms. The first-order chi connectivity index (χ1) is 4.20. The van der Waals surface area contributed by atoms with Crippen LogP contribution in [0.1, 0.15) is 34.1 Å². The summed E-state index contributed by atoms with van der Waals surface area (Å²) in [6.07, 6.45) is 3.06. The van der Waals surface area contributed by atoms with Gasteiger partial charge in [0.25, 0.3) is 0 Å². The quantitative estimate of drug-likeness (QED) is 0.503. The predicted octanol–water partition coefficient (Wildman–Crippen LogP) is 2.78. The summed E-state index contributed by atoms with van der Waals surface area (Å²) < 4.78 is 0. The zero-order valence-electron chi connectivity index (χ0n) is 6.73. The van der Waals surface area contributed by atoms with Crippen LogP contribution in [0.25, 0.3) is 0 Å². The molecule has 0 N–H and O–H groups in total. The molecule has 0 heterocycles. The fraction of sp³-hybridized carbons (Fsp3) is 0.625. The van der Waals surface area contributed by atoms with Crippen molar-refractivity contribution in [3.05, 3.63) is 11.8 Å². The van der Waals surface area contributed by atoms with E-state index in [9.17, 15) is 0 Å². The van der Waals surface area contributed by atoms with Gasteiger partial charge < -0.3 is 0 Å². The second kappa shape index (κ2) is 4.30. The molecule has 1 heteroatoms. The van der Waals surface area contributed by atoms with Crippen LogP contribution in [0, 0.1) is 0 Å². The van der Waals surface area contributed by atoms with Crippen LogP contribution < -0.4 is 0 Å². The Morgan fingerprint density at radius 1 is 1.44 bits per heavy atom. The van der Waals surface area contributed by atoms with E-state index in [1.54, 1.807) is 0 Å². The summed E-state index contributed by atoms with van der Waals surface area (Å²) in [5.74, 6) is 0. The largest absolute Gasteiger partial charge is 0.263 e. The molecule has 0 amide bonds. The molecule has 0 aliphatic carbocycles. The smallest absolute Gasteiger partial charge is 0.0329 e. The van der Waals surface area contributed by atoms with Crippen LogP contribution in [-0.2, 0) is 0 Å². The van der Waals surface area contributed by atoms with E-state index in [1.807, 2.05) is 26.8 Å². The van der Waals surface area contributed by atoms with Crippen molar-refractivity contribution in [3.63, 3.8) is 0 Å². The molecule has 0 aliphatic rings.